The van der Waals surface area contributed by atoms with Gasteiger partial charge < -0.3 is 11.5 Å². The number of hydrogen-bond acceptors (Lipinski definition) is 4. The summed E-state index contributed by atoms with van der Waals surface area (Å²) in [5, 5.41) is 6.56. The lowest BCUT2D eigenvalue weighted by molar-refractivity contribution is -0.128. The van der Waals surface area contributed by atoms with Crippen molar-refractivity contribution in [3.05, 3.63) is 0 Å². The quantitative estimate of drug-likeness (QED) is 0.265. The second-order valence-electron chi connectivity index (χ2n) is 5.51. The minimum absolute atomic E-state index is 0.216. The van der Waals surface area contributed by atoms with Crippen LogP contribution in [0.1, 0.15) is 58.3 Å². The zero-order chi connectivity index (χ0) is 15.0. The van der Waals surface area contributed by atoms with Gasteiger partial charge in [0, 0.05) is 19.0 Å². The number of aldehydes is 1. The topological polar surface area (TPSA) is 102 Å². The van der Waals surface area contributed by atoms with E-state index in [-0.39, 0.29) is 12.2 Å². The lowest BCUT2D eigenvalue weighted by Gasteiger charge is -2.31. The van der Waals surface area contributed by atoms with E-state index in [1.807, 2.05) is 0 Å². The molecule has 0 bridgehead atoms. The summed E-state index contributed by atoms with van der Waals surface area (Å²) in [6, 6.07) is 1.19. The molecule has 4 N–H and O–H groups in total. The van der Waals surface area contributed by atoms with Crippen molar-refractivity contribution in [1.29, 1.82) is 0 Å². The maximum atomic E-state index is 9.44. The monoisotopic (exact) mass is 282 g/mol. The van der Waals surface area contributed by atoms with Gasteiger partial charge in [0.2, 0.25) is 5.96 Å². The van der Waals surface area contributed by atoms with Gasteiger partial charge in [-0.3, -0.25) is 14.6 Å². The molecule has 114 valence electrons. The van der Waals surface area contributed by atoms with E-state index in [2.05, 4.69) is 10.1 Å². The second-order valence-corrected chi connectivity index (χ2v) is 5.51. The first kappa shape index (κ1) is 16.5. The molecule has 2 aliphatic carbocycles. The van der Waals surface area contributed by atoms with Crippen LogP contribution in [0.15, 0.2) is 5.10 Å². The van der Waals surface area contributed by atoms with E-state index in [0.29, 0.717) is 12.1 Å². The summed E-state index contributed by atoms with van der Waals surface area (Å²) < 4.78 is 0. The lowest BCUT2D eigenvalue weighted by Crippen LogP contribution is -2.40. The number of carbonyl (C=O) groups excluding carboxylic acids is 2. The highest BCUT2D eigenvalue weighted by Gasteiger charge is 2.29. The fourth-order valence-electron chi connectivity index (χ4n) is 2.93. The van der Waals surface area contributed by atoms with Crippen molar-refractivity contribution in [2.45, 2.75) is 70.4 Å². The third kappa shape index (κ3) is 5.59. The Balaban J connectivity index is 0.000000347. The SMILES string of the molecule is CC(=O)C=O.NC(N)=NN(C1CCCC1)C1CCCC1. The molecule has 20 heavy (non-hydrogen) atoms. The van der Waals surface area contributed by atoms with Crippen molar-refractivity contribution in [2.75, 3.05) is 0 Å². The third-order valence-corrected chi connectivity index (χ3v) is 3.79. The van der Waals surface area contributed by atoms with Crippen LogP contribution >= 0.6 is 0 Å². The summed E-state index contributed by atoms with van der Waals surface area (Å²) in [4.78, 5) is 18.6. The highest BCUT2D eigenvalue weighted by Crippen LogP contribution is 2.31. The summed E-state index contributed by atoms with van der Waals surface area (Å²) in [6.07, 6.45) is 10.6. The molecule has 0 aromatic rings. The number of carbonyl (C=O) groups is 2. The van der Waals surface area contributed by atoms with Crippen LogP contribution in [0.3, 0.4) is 0 Å². The number of rotatable bonds is 4. The van der Waals surface area contributed by atoms with Crippen LogP contribution < -0.4 is 11.5 Å². The number of hydrogen-bond donors (Lipinski definition) is 2. The minimum Gasteiger partial charge on any atom is -0.369 e. The highest BCUT2D eigenvalue weighted by atomic mass is 16.2. The average Bonchev–Trinajstić information content (AvgIpc) is 3.09. The van der Waals surface area contributed by atoms with Crippen molar-refractivity contribution >= 4 is 18.0 Å². The largest absolute Gasteiger partial charge is 0.369 e. The molecular formula is C14H26N4O2. The number of nitrogens with two attached hydrogens (primary N) is 2. The van der Waals surface area contributed by atoms with Crippen LogP contribution in [0, 0.1) is 0 Å². The van der Waals surface area contributed by atoms with Crippen molar-refractivity contribution in [2.24, 2.45) is 16.6 Å². The van der Waals surface area contributed by atoms with Gasteiger partial charge in [-0.05, 0) is 25.7 Å². The van der Waals surface area contributed by atoms with Crippen LogP contribution in [0.4, 0.5) is 0 Å². The molecule has 2 aliphatic rings. The molecular weight excluding hydrogens is 256 g/mol. The Morgan fingerprint density at radius 2 is 1.40 bits per heavy atom. The van der Waals surface area contributed by atoms with E-state index in [1.54, 1.807) is 0 Å². The molecule has 2 rings (SSSR count). The van der Waals surface area contributed by atoms with E-state index in [4.69, 9.17) is 16.3 Å². The number of ketones is 1. The minimum atomic E-state index is -0.426. The smallest absolute Gasteiger partial charge is 0.208 e. The first-order chi connectivity index (χ1) is 9.54. The summed E-state index contributed by atoms with van der Waals surface area (Å²) in [5.74, 6) is -0.209. The lowest BCUT2D eigenvalue weighted by atomic mass is 10.1. The molecule has 0 radical (unpaired) electrons. The standard InChI is InChI=1S/C11H22N4.C3H4O2/c12-11(13)14-15(9-5-1-2-6-9)10-7-3-4-8-10;1-3(5)2-4/h9-10H,1-8H2,(H4,12,13,14);2H,1H3. The predicted octanol–water partition coefficient (Wildman–Crippen LogP) is 1.14. The molecule has 6 heteroatoms. The summed E-state index contributed by atoms with van der Waals surface area (Å²) in [7, 11) is 0. The Bertz CT molecular complexity index is 325. The Morgan fingerprint density at radius 3 is 1.65 bits per heavy atom. The molecule has 0 aromatic heterocycles. The summed E-state index contributed by atoms with van der Waals surface area (Å²) in [5.41, 5.74) is 11.0. The van der Waals surface area contributed by atoms with Crippen LogP contribution in [0.5, 0.6) is 0 Å². The van der Waals surface area contributed by atoms with E-state index in [1.165, 1.54) is 58.3 Å². The van der Waals surface area contributed by atoms with Gasteiger partial charge in [0.05, 0.1) is 0 Å². The molecule has 0 aromatic carbocycles. The van der Waals surface area contributed by atoms with Gasteiger partial charge in [0.1, 0.15) is 0 Å². The normalized spacial score (nSPS) is 19.1. The molecule has 0 spiro atoms. The molecule has 0 aliphatic heterocycles. The van der Waals surface area contributed by atoms with Crippen LogP contribution in [0.2, 0.25) is 0 Å². The molecule has 2 fully saturated rings. The fraction of sp³-hybridized carbons (Fsp3) is 0.786. The van der Waals surface area contributed by atoms with Crippen molar-refractivity contribution in [1.82, 2.24) is 5.01 Å². The number of Topliss-reactive ketones (excluding diaryl/α,β-unsaturated/α-hetero) is 1. The van der Waals surface area contributed by atoms with Gasteiger partial charge >= 0.3 is 0 Å². The molecule has 0 unspecified atom stereocenters. The Hall–Kier alpha value is -1.59. The maximum Gasteiger partial charge on any atom is 0.208 e. The number of nitrogens with zero attached hydrogens (tertiary/aromatic N) is 2. The van der Waals surface area contributed by atoms with Crippen LogP contribution in [-0.2, 0) is 9.59 Å². The van der Waals surface area contributed by atoms with Gasteiger partial charge in [0.15, 0.2) is 12.1 Å². The van der Waals surface area contributed by atoms with E-state index in [9.17, 15) is 4.79 Å². The molecule has 2 saturated carbocycles. The van der Waals surface area contributed by atoms with Gasteiger partial charge in [-0.15, -0.1) is 5.10 Å². The van der Waals surface area contributed by atoms with Gasteiger partial charge in [-0.2, -0.15) is 0 Å². The molecule has 6 nitrogen and oxygen atoms in total. The first-order valence-electron chi connectivity index (χ1n) is 7.38. The number of hydrazone groups is 1. The Labute approximate surface area is 120 Å². The number of guanidine groups is 1. The van der Waals surface area contributed by atoms with E-state index < -0.39 is 5.78 Å². The Kier molecular flexibility index (Phi) is 7.04. The van der Waals surface area contributed by atoms with Crippen molar-refractivity contribution < 1.29 is 9.59 Å². The maximum absolute atomic E-state index is 9.44. The summed E-state index contributed by atoms with van der Waals surface area (Å²) >= 11 is 0. The zero-order valence-electron chi connectivity index (χ0n) is 12.3. The summed E-state index contributed by atoms with van der Waals surface area (Å²) in [6.45, 7) is 1.22. The first-order valence-corrected chi connectivity index (χ1v) is 7.38. The third-order valence-electron chi connectivity index (χ3n) is 3.79. The molecule has 0 saturated heterocycles. The van der Waals surface area contributed by atoms with E-state index in [0.717, 1.165) is 0 Å². The fourth-order valence-corrected chi connectivity index (χ4v) is 2.93. The zero-order valence-corrected chi connectivity index (χ0v) is 12.3. The Morgan fingerprint density at radius 1 is 1.05 bits per heavy atom. The van der Waals surface area contributed by atoms with Crippen molar-refractivity contribution in [3.63, 3.8) is 0 Å². The molecule has 0 heterocycles. The van der Waals surface area contributed by atoms with Gasteiger partial charge in [-0.1, -0.05) is 25.7 Å². The van der Waals surface area contributed by atoms with Crippen LogP contribution in [0.25, 0.3) is 0 Å². The van der Waals surface area contributed by atoms with E-state index >= 15 is 0 Å². The molecule has 0 amide bonds. The predicted molar refractivity (Wildman–Crippen MR) is 78.9 cm³/mol. The van der Waals surface area contributed by atoms with Crippen LogP contribution in [-0.4, -0.2) is 35.1 Å². The van der Waals surface area contributed by atoms with Gasteiger partial charge in [0.25, 0.3) is 0 Å². The highest BCUT2D eigenvalue weighted by molar-refractivity contribution is 6.23. The van der Waals surface area contributed by atoms with Crippen molar-refractivity contribution in [3.8, 4) is 0 Å². The molecule has 0 atom stereocenters. The second kappa shape index (κ2) is 8.55. The average molecular weight is 282 g/mol. The van der Waals surface area contributed by atoms with Gasteiger partial charge in [-0.25, -0.2) is 0 Å².